The van der Waals surface area contributed by atoms with Crippen molar-refractivity contribution >= 4 is 5.97 Å². The Hall–Kier alpha value is -0.610. The molecule has 0 spiro atoms. The number of carbonyl (C=O) groups is 1. The third-order valence-corrected chi connectivity index (χ3v) is 6.23. The predicted octanol–water partition coefficient (Wildman–Crippen LogP) is 2.70. The Balaban J connectivity index is 1.96. The topological polar surface area (TPSA) is 55.6 Å². The average Bonchev–Trinajstić information content (AvgIpc) is 2.54. The highest BCUT2D eigenvalue weighted by Crippen LogP contribution is 2.40. The maximum absolute atomic E-state index is 11.9. The number of hydrogen-bond donors (Lipinski definition) is 1. The van der Waals surface area contributed by atoms with Crippen LogP contribution < -0.4 is 5.73 Å². The van der Waals surface area contributed by atoms with Gasteiger partial charge in [-0.3, -0.25) is 4.79 Å². The molecule has 1 heterocycles. The fourth-order valence-corrected chi connectivity index (χ4v) is 4.30. The second-order valence-corrected chi connectivity index (χ2v) is 7.14. The molecule has 1 aliphatic heterocycles. The molecule has 4 heteroatoms. The molecule has 0 radical (unpaired) electrons. The Morgan fingerprint density at radius 2 is 1.86 bits per heavy atom. The van der Waals surface area contributed by atoms with Gasteiger partial charge in [-0.05, 0) is 57.0 Å². The minimum atomic E-state index is -0.762. The van der Waals surface area contributed by atoms with E-state index in [1.807, 2.05) is 0 Å². The summed E-state index contributed by atoms with van der Waals surface area (Å²) in [4.78, 5) is 14.5. The Kier molecular flexibility index (Phi) is 5.31. The molecule has 0 amide bonds. The number of likely N-dealkylation sites (tertiary alicyclic amines) is 1. The van der Waals surface area contributed by atoms with Crippen molar-refractivity contribution in [2.75, 3.05) is 20.2 Å². The third-order valence-electron chi connectivity index (χ3n) is 6.23. The van der Waals surface area contributed by atoms with Gasteiger partial charge in [-0.25, -0.2) is 0 Å². The standard InChI is InChI=1S/C17H32N2O2/c1-4-16(5-2)9-11-19(12-10-16)14-7-6-8-17(18,13-14)15(20)21-3/h14H,4-13,18H2,1-3H3. The molecule has 1 aliphatic carbocycles. The molecule has 1 saturated heterocycles. The molecule has 2 unspecified atom stereocenters. The van der Waals surface area contributed by atoms with Gasteiger partial charge in [-0.1, -0.05) is 26.7 Å². The molecular formula is C17H32N2O2. The molecule has 122 valence electrons. The molecular weight excluding hydrogens is 264 g/mol. The van der Waals surface area contributed by atoms with E-state index in [0.29, 0.717) is 11.5 Å². The number of rotatable bonds is 4. The largest absolute Gasteiger partial charge is 0.468 e. The van der Waals surface area contributed by atoms with Crippen LogP contribution in [0, 0.1) is 5.41 Å². The smallest absolute Gasteiger partial charge is 0.325 e. The first-order valence-electron chi connectivity index (χ1n) is 8.60. The third kappa shape index (κ3) is 3.42. The zero-order valence-corrected chi connectivity index (χ0v) is 14.0. The Morgan fingerprint density at radius 3 is 2.38 bits per heavy atom. The average molecular weight is 296 g/mol. The highest BCUT2D eigenvalue weighted by Gasteiger charge is 2.43. The molecule has 0 bridgehead atoms. The molecule has 1 saturated carbocycles. The fraction of sp³-hybridized carbons (Fsp3) is 0.941. The number of ether oxygens (including phenoxy) is 1. The first-order valence-corrected chi connectivity index (χ1v) is 8.60. The highest BCUT2D eigenvalue weighted by atomic mass is 16.5. The predicted molar refractivity (Wildman–Crippen MR) is 85.0 cm³/mol. The van der Waals surface area contributed by atoms with Crippen LogP contribution in [0.15, 0.2) is 0 Å². The van der Waals surface area contributed by atoms with Crippen molar-refractivity contribution in [2.24, 2.45) is 11.1 Å². The summed E-state index contributed by atoms with van der Waals surface area (Å²) >= 11 is 0. The van der Waals surface area contributed by atoms with Gasteiger partial charge in [0.15, 0.2) is 0 Å². The molecule has 0 aromatic heterocycles. The second kappa shape index (κ2) is 6.66. The molecule has 2 fully saturated rings. The second-order valence-electron chi connectivity index (χ2n) is 7.14. The number of hydrogen-bond acceptors (Lipinski definition) is 4. The van der Waals surface area contributed by atoms with Crippen molar-refractivity contribution < 1.29 is 9.53 Å². The fourth-order valence-electron chi connectivity index (χ4n) is 4.30. The van der Waals surface area contributed by atoms with E-state index in [2.05, 4.69) is 18.7 Å². The summed E-state index contributed by atoms with van der Waals surface area (Å²) in [6, 6.07) is 0.453. The van der Waals surface area contributed by atoms with Crippen molar-refractivity contribution in [3.05, 3.63) is 0 Å². The van der Waals surface area contributed by atoms with Gasteiger partial charge in [-0.15, -0.1) is 0 Å². The molecule has 2 rings (SSSR count). The van der Waals surface area contributed by atoms with E-state index in [0.717, 1.165) is 32.4 Å². The lowest BCUT2D eigenvalue weighted by atomic mass is 9.72. The van der Waals surface area contributed by atoms with Crippen LogP contribution in [0.3, 0.4) is 0 Å². The van der Waals surface area contributed by atoms with Crippen LogP contribution in [0.1, 0.15) is 65.2 Å². The minimum absolute atomic E-state index is 0.235. The van der Waals surface area contributed by atoms with Crippen LogP contribution in [-0.2, 0) is 9.53 Å². The Bertz CT molecular complexity index is 358. The van der Waals surface area contributed by atoms with Crippen LogP contribution in [0.5, 0.6) is 0 Å². The molecule has 21 heavy (non-hydrogen) atoms. The van der Waals surface area contributed by atoms with E-state index >= 15 is 0 Å². The summed E-state index contributed by atoms with van der Waals surface area (Å²) in [6.07, 6.45) is 8.85. The normalized spacial score (nSPS) is 33.6. The first kappa shape index (κ1) is 16.8. The number of nitrogens with two attached hydrogens (primary N) is 1. The number of esters is 1. The van der Waals surface area contributed by atoms with Gasteiger partial charge >= 0.3 is 5.97 Å². The maximum atomic E-state index is 11.9. The van der Waals surface area contributed by atoms with Crippen molar-refractivity contribution in [2.45, 2.75) is 76.8 Å². The summed E-state index contributed by atoms with van der Waals surface area (Å²) in [7, 11) is 1.44. The summed E-state index contributed by atoms with van der Waals surface area (Å²) in [5.41, 5.74) is 6.10. The first-order chi connectivity index (χ1) is 9.98. The molecule has 2 N–H and O–H groups in total. The van der Waals surface area contributed by atoms with Gasteiger partial charge in [0.25, 0.3) is 0 Å². The van der Waals surface area contributed by atoms with Gasteiger partial charge in [0.05, 0.1) is 7.11 Å². The van der Waals surface area contributed by atoms with Crippen molar-refractivity contribution in [3.8, 4) is 0 Å². The number of piperidine rings is 1. The molecule has 2 atom stereocenters. The van der Waals surface area contributed by atoms with Crippen LogP contribution in [-0.4, -0.2) is 42.6 Å². The van der Waals surface area contributed by atoms with Crippen LogP contribution >= 0.6 is 0 Å². The Morgan fingerprint density at radius 1 is 1.24 bits per heavy atom. The van der Waals surface area contributed by atoms with Gasteiger partial charge < -0.3 is 15.4 Å². The van der Waals surface area contributed by atoms with E-state index in [-0.39, 0.29) is 5.97 Å². The molecule has 0 aromatic rings. The van der Waals surface area contributed by atoms with Gasteiger partial charge in [0.2, 0.25) is 0 Å². The monoisotopic (exact) mass is 296 g/mol. The zero-order chi connectivity index (χ0) is 15.5. The lowest BCUT2D eigenvalue weighted by Gasteiger charge is -2.47. The summed E-state index contributed by atoms with van der Waals surface area (Å²) < 4.78 is 4.91. The molecule has 2 aliphatic rings. The van der Waals surface area contributed by atoms with Gasteiger partial charge in [0, 0.05) is 6.04 Å². The van der Waals surface area contributed by atoms with E-state index < -0.39 is 5.54 Å². The van der Waals surface area contributed by atoms with E-state index in [9.17, 15) is 4.79 Å². The Labute approximate surface area is 129 Å². The van der Waals surface area contributed by atoms with E-state index in [4.69, 9.17) is 10.5 Å². The van der Waals surface area contributed by atoms with Gasteiger partial charge in [0.1, 0.15) is 5.54 Å². The van der Waals surface area contributed by atoms with Crippen LogP contribution in [0.4, 0.5) is 0 Å². The van der Waals surface area contributed by atoms with Crippen LogP contribution in [0.2, 0.25) is 0 Å². The van der Waals surface area contributed by atoms with E-state index in [1.165, 1.54) is 39.2 Å². The SMILES string of the molecule is CCC1(CC)CCN(C2CCCC(N)(C(=O)OC)C2)CC1. The lowest BCUT2D eigenvalue weighted by molar-refractivity contribution is -0.149. The van der Waals surface area contributed by atoms with Crippen LogP contribution in [0.25, 0.3) is 0 Å². The van der Waals surface area contributed by atoms with Crippen molar-refractivity contribution in [1.29, 1.82) is 0 Å². The molecule has 0 aromatic carbocycles. The summed E-state index contributed by atoms with van der Waals surface area (Å²) in [5, 5.41) is 0. The van der Waals surface area contributed by atoms with E-state index in [1.54, 1.807) is 0 Å². The number of carbonyl (C=O) groups excluding carboxylic acids is 1. The number of nitrogens with zero attached hydrogens (tertiary/aromatic N) is 1. The van der Waals surface area contributed by atoms with Crippen molar-refractivity contribution in [1.82, 2.24) is 4.90 Å². The van der Waals surface area contributed by atoms with Gasteiger partial charge in [-0.2, -0.15) is 0 Å². The summed E-state index contributed by atoms with van der Waals surface area (Å²) in [6.45, 7) is 6.96. The zero-order valence-electron chi connectivity index (χ0n) is 14.0. The highest BCUT2D eigenvalue weighted by molar-refractivity contribution is 5.80. The molecule has 4 nitrogen and oxygen atoms in total. The summed E-state index contributed by atoms with van der Waals surface area (Å²) in [5.74, 6) is -0.235. The maximum Gasteiger partial charge on any atom is 0.325 e. The number of methoxy groups -OCH3 is 1. The van der Waals surface area contributed by atoms with Crippen molar-refractivity contribution in [3.63, 3.8) is 0 Å². The lowest BCUT2D eigenvalue weighted by Crippen LogP contribution is -2.57. The minimum Gasteiger partial charge on any atom is -0.468 e. The quantitative estimate of drug-likeness (QED) is 0.810.